The highest BCUT2D eigenvalue weighted by atomic mass is 79.9. The predicted molar refractivity (Wildman–Crippen MR) is 173 cm³/mol. The summed E-state index contributed by atoms with van der Waals surface area (Å²) in [4.78, 5) is 0. The molecule has 0 unspecified atom stereocenters. The van der Waals surface area contributed by atoms with Gasteiger partial charge in [0.15, 0.2) is 0 Å². The summed E-state index contributed by atoms with van der Waals surface area (Å²) >= 11 is 3.57. The third-order valence-electron chi connectivity index (χ3n) is 8.16. The normalized spacial score (nSPS) is 11.8. The van der Waals surface area contributed by atoms with Crippen molar-refractivity contribution >= 4 is 59.5 Å². The van der Waals surface area contributed by atoms with Crippen LogP contribution < -0.4 is 0 Å². The number of halogens is 2. The number of aromatic nitrogens is 2. The molecule has 41 heavy (non-hydrogen) atoms. The quantitative estimate of drug-likeness (QED) is 0.192. The van der Waals surface area contributed by atoms with E-state index in [1.807, 2.05) is 19.1 Å². The van der Waals surface area contributed by atoms with E-state index < -0.39 is 0 Å². The van der Waals surface area contributed by atoms with Gasteiger partial charge >= 0.3 is 0 Å². The fourth-order valence-electron chi connectivity index (χ4n) is 6.22. The Morgan fingerprint density at radius 2 is 0.976 bits per heavy atom. The molecule has 0 bridgehead atoms. The number of hydrogen-bond donors (Lipinski definition) is 0. The number of para-hydroxylation sites is 2. The minimum atomic E-state index is -0.186. The predicted octanol–water partition coefficient (Wildman–Crippen LogP) is 10.8. The maximum atomic E-state index is 14.1. The third kappa shape index (κ3) is 3.75. The number of aryl methyl sites for hydroxylation is 1. The molecular weight excluding hydrogens is 571 g/mol. The Balaban J connectivity index is 1.34. The summed E-state index contributed by atoms with van der Waals surface area (Å²) in [7, 11) is 0. The van der Waals surface area contributed by atoms with Crippen LogP contribution in [0.15, 0.2) is 132 Å². The molecule has 2 nitrogen and oxygen atoms in total. The van der Waals surface area contributed by atoms with Crippen LogP contribution in [0.25, 0.3) is 66.1 Å². The van der Waals surface area contributed by atoms with Gasteiger partial charge in [0.05, 0.1) is 22.1 Å². The van der Waals surface area contributed by atoms with E-state index in [0.29, 0.717) is 5.56 Å². The molecule has 8 aromatic rings. The smallest absolute Gasteiger partial charge is 0.126 e. The lowest BCUT2D eigenvalue weighted by atomic mass is 10.0. The topological polar surface area (TPSA) is 9.86 Å². The van der Waals surface area contributed by atoms with Gasteiger partial charge in [0.25, 0.3) is 0 Å². The van der Waals surface area contributed by atoms with E-state index >= 15 is 0 Å². The monoisotopic (exact) mass is 594 g/mol. The minimum Gasteiger partial charge on any atom is -0.309 e. The van der Waals surface area contributed by atoms with Gasteiger partial charge in [-0.05, 0) is 102 Å². The fourth-order valence-corrected chi connectivity index (χ4v) is 6.48. The first-order valence-corrected chi connectivity index (χ1v) is 14.5. The highest BCUT2D eigenvalue weighted by molar-refractivity contribution is 9.10. The van der Waals surface area contributed by atoms with E-state index in [9.17, 15) is 4.39 Å². The molecule has 0 atom stereocenters. The molecule has 2 heterocycles. The zero-order chi connectivity index (χ0) is 27.7. The van der Waals surface area contributed by atoms with E-state index in [-0.39, 0.29) is 5.82 Å². The van der Waals surface area contributed by atoms with Gasteiger partial charge in [-0.15, -0.1) is 0 Å². The Bertz CT molecular complexity index is 2290. The Kier molecular flexibility index (Phi) is 5.41. The van der Waals surface area contributed by atoms with Crippen molar-refractivity contribution in [3.63, 3.8) is 0 Å². The molecule has 8 rings (SSSR count). The Hall–Kier alpha value is -4.67. The lowest BCUT2D eigenvalue weighted by molar-refractivity contribution is 0.618. The Morgan fingerprint density at radius 1 is 0.488 bits per heavy atom. The van der Waals surface area contributed by atoms with Crippen molar-refractivity contribution in [2.45, 2.75) is 6.92 Å². The van der Waals surface area contributed by atoms with Crippen molar-refractivity contribution in [1.29, 1.82) is 0 Å². The minimum absolute atomic E-state index is 0.186. The van der Waals surface area contributed by atoms with Crippen LogP contribution in [0.5, 0.6) is 0 Å². The molecule has 0 saturated heterocycles. The van der Waals surface area contributed by atoms with Crippen LogP contribution >= 0.6 is 15.9 Å². The molecule has 0 aliphatic carbocycles. The molecule has 196 valence electrons. The van der Waals surface area contributed by atoms with Crippen molar-refractivity contribution < 1.29 is 4.39 Å². The lowest BCUT2D eigenvalue weighted by Crippen LogP contribution is -1.95. The van der Waals surface area contributed by atoms with Gasteiger partial charge in [-0.1, -0.05) is 64.5 Å². The van der Waals surface area contributed by atoms with Crippen LogP contribution in [0.1, 0.15) is 5.56 Å². The van der Waals surface area contributed by atoms with Gasteiger partial charge in [-0.25, -0.2) is 4.39 Å². The van der Waals surface area contributed by atoms with E-state index in [2.05, 4.69) is 134 Å². The number of hydrogen-bond acceptors (Lipinski definition) is 0. The van der Waals surface area contributed by atoms with Crippen LogP contribution in [-0.2, 0) is 0 Å². The molecule has 0 fully saturated rings. The van der Waals surface area contributed by atoms with Gasteiger partial charge < -0.3 is 9.13 Å². The SMILES string of the molecule is Cc1cc(-n2c3ccccc3c3cc(-c4ccc5c(c4)c4ccccc4n5-c4ccc(Br)cc4)ccc32)ccc1F. The van der Waals surface area contributed by atoms with Crippen molar-refractivity contribution in [2.24, 2.45) is 0 Å². The summed E-state index contributed by atoms with van der Waals surface area (Å²) in [5.74, 6) is -0.186. The van der Waals surface area contributed by atoms with Crippen LogP contribution in [0, 0.1) is 12.7 Å². The van der Waals surface area contributed by atoms with Crippen molar-refractivity contribution in [2.75, 3.05) is 0 Å². The maximum absolute atomic E-state index is 14.1. The molecular formula is C37H24BrFN2. The number of fused-ring (bicyclic) bond motifs is 6. The molecule has 0 aliphatic heterocycles. The highest BCUT2D eigenvalue weighted by Gasteiger charge is 2.16. The molecule has 0 amide bonds. The summed E-state index contributed by atoms with van der Waals surface area (Å²) in [5.41, 5.74) is 9.66. The second kappa shape index (κ2) is 9.18. The van der Waals surface area contributed by atoms with Gasteiger partial charge in [-0.2, -0.15) is 0 Å². The molecule has 0 aliphatic rings. The number of rotatable bonds is 3. The van der Waals surface area contributed by atoms with Crippen LogP contribution in [-0.4, -0.2) is 9.13 Å². The average Bonchev–Trinajstić information content (AvgIpc) is 3.51. The largest absolute Gasteiger partial charge is 0.309 e. The van der Waals surface area contributed by atoms with E-state index in [1.165, 1.54) is 38.1 Å². The molecule has 0 spiro atoms. The Morgan fingerprint density at radius 3 is 1.54 bits per heavy atom. The summed E-state index contributed by atoms with van der Waals surface area (Å²) in [6.45, 7) is 1.81. The van der Waals surface area contributed by atoms with Gasteiger partial charge in [-0.3, -0.25) is 0 Å². The lowest BCUT2D eigenvalue weighted by Gasteiger charge is -2.10. The summed E-state index contributed by atoms with van der Waals surface area (Å²) in [5, 5.41) is 4.82. The van der Waals surface area contributed by atoms with Gasteiger partial charge in [0.2, 0.25) is 0 Å². The summed E-state index contributed by atoms with van der Waals surface area (Å²) in [6.07, 6.45) is 0. The molecule has 0 radical (unpaired) electrons. The van der Waals surface area contributed by atoms with Crippen molar-refractivity contribution in [1.82, 2.24) is 9.13 Å². The zero-order valence-corrected chi connectivity index (χ0v) is 23.9. The van der Waals surface area contributed by atoms with E-state index in [0.717, 1.165) is 32.4 Å². The first kappa shape index (κ1) is 24.2. The summed E-state index contributed by atoms with van der Waals surface area (Å²) in [6, 6.07) is 44.3. The van der Waals surface area contributed by atoms with Crippen LogP contribution in [0.4, 0.5) is 4.39 Å². The second-order valence-electron chi connectivity index (χ2n) is 10.6. The maximum Gasteiger partial charge on any atom is 0.126 e. The molecule has 0 N–H and O–H groups in total. The standard InChI is InChI=1S/C37H24BrFN2/c1-23-20-28(16-17-33(23)39)41-35-9-5-3-7-30(35)32-22-25(11-19-37(32)41)24-10-18-36-31(21-24)29-6-2-4-8-34(29)40(36)27-14-12-26(38)13-15-27/h2-22H,1H3. The molecule has 4 heteroatoms. The number of benzene rings is 6. The zero-order valence-electron chi connectivity index (χ0n) is 22.3. The molecule has 6 aromatic carbocycles. The van der Waals surface area contributed by atoms with Gasteiger partial charge in [0.1, 0.15) is 5.82 Å². The van der Waals surface area contributed by atoms with Gasteiger partial charge in [0, 0.05) is 37.4 Å². The first-order chi connectivity index (χ1) is 20.1. The average molecular weight is 596 g/mol. The number of nitrogens with zero attached hydrogens (tertiary/aromatic N) is 2. The molecule has 0 saturated carbocycles. The van der Waals surface area contributed by atoms with E-state index in [1.54, 1.807) is 6.07 Å². The van der Waals surface area contributed by atoms with E-state index in [4.69, 9.17) is 0 Å². The third-order valence-corrected chi connectivity index (χ3v) is 8.69. The highest BCUT2D eigenvalue weighted by Crippen LogP contribution is 2.38. The van der Waals surface area contributed by atoms with Crippen molar-refractivity contribution in [3.05, 3.63) is 143 Å². The molecule has 2 aromatic heterocycles. The summed E-state index contributed by atoms with van der Waals surface area (Å²) < 4.78 is 19.8. The van der Waals surface area contributed by atoms with Crippen molar-refractivity contribution in [3.8, 4) is 22.5 Å². The first-order valence-electron chi connectivity index (χ1n) is 13.7. The van der Waals surface area contributed by atoms with Crippen LogP contribution in [0.2, 0.25) is 0 Å². The van der Waals surface area contributed by atoms with Crippen LogP contribution in [0.3, 0.4) is 0 Å². The Labute approximate surface area is 245 Å². The fraction of sp³-hybridized carbons (Fsp3) is 0.0270. The second-order valence-corrected chi connectivity index (χ2v) is 11.5.